The summed E-state index contributed by atoms with van der Waals surface area (Å²) in [5, 5.41) is 2.29. The summed E-state index contributed by atoms with van der Waals surface area (Å²) in [5.74, 6) is -0.421. The molecule has 1 aromatic rings. The zero-order valence-corrected chi connectivity index (χ0v) is 8.88. The van der Waals surface area contributed by atoms with Gasteiger partial charge in [0.2, 0.25) is 5.24 Å². The summed E-state index contributed by atoms with van der Waals surface area (Å²) in [7, 11) is 1.31. The first kappa shape index (κ1) is 11.5. The maximum atomic E-state index is 11.2. The molecule has 0 heterocycles. The molecule has 4 nitrogen and oxygen atoms in total. The average Bonchev–Trinajstić information content (AvgIpc) is 2.25. The van der Waals surface area contributed by atoms with Gasteiger partial charge in [-0.05, 0) is 29.8 Å². The number of anilines is 1. The maximum absolute atomic E-state index is 11.2. The minimum atomic E-state index is -0.488. The molecule has 0 aliphatic heterocycles. The average molecular weight is 228 g/mol. The lowest BCUT2D eigenvalue weighted by Crippen LogP contribution is -2.09. The molecule has 80 valence electrons. The van der Waals surface area contributed by atoms with Crippen LogP contribution in [-0.2, 0) is 9.53 Å². The lowest BCUT2D eigenvalue weighted by molar-refractivity contribution is -0.110. The molecule has 0 unspecified atom stereocenters. The SMILES string of the molecule is COC(=O)c1cccc(NCC(=O)Cl)c1. The molecule has 0 spiro atoms. The van der Waals surface area contributed by atoms with Crippen molar-refractivity contribution in [3.8, 4) is 0 Å². The van der Waals surface area contributed by atoms with Gasteiger partial charge in [0, 0.05) is 5.69 Å². The molecule has 1 rings (SSSR count). The van der Waals surface area contributed by atoms with Crippen molar-refractivity contribution < 1.29 is 14.3 Å². The van der Waals surface area contributed by atoms with Gasteiger partial charge in [0.15, 0.2) is 0 Å². The van der Waals surface area contributed by atoms with E-state index in [4.69, 9.17) is 11.6 Å². The topological polar surface area (TPSA) is 55.4 Å². The first-order valence-electron chi connectivity index (χ1n) is 4.24. The van der Waals surface area contributed by atoms with Crippen molar-refractivity contribution in [3.05, 3.63) is 29.8 Å². The highest BCUT2D eigenvalue weighted by atomic mass is 35.5. The standard InChI is InChI=1S/C10H10ClNO3/c1-15-10(14)7-3-2-4-8(5-7)12-6-9(11)13/h2-5,12H,6H2,1H3. The van der Waals surface area contributed by atoms with Crippen molar-refractivity contribution in [1.29, 1.82) is 0 Å². The third-order valence-corrected chi connectivity index (χ3v) is 1.85. The summed E-state index contributed by atoms with van der Waals surface area (Å²) in [6.07, 6.45) is 0. The fraction of sp³-hybridized carbons (Fsp3) is 0.200. The number of rotatable bonds is 4. The van der Waals surface area contributed by atoms with E-state index in [1.807, 2.05) is 0 Å². The van der Waals surface area contributed by atoms with E-state index in [-0.39, 0.29) is 6.54 Å². The van der Waals surface area contributed by atoms with Crippen LogP contribution in [0.25, 0.3) is 0 Å². The molecule has 5 heteroatoms. The second-order valence-corrected chi connectivity index (χ2v) is 3.20. The van der Waals surface area contributed by atoms with E-state index in [1.54, 1.807) is 24.3 Å². The molecule has 0 amide bonds. The van der Waals surface area contributed by atoms with Crippen LogP contribution in [0.5, 0.6) is 0 Å². The Bertz CT molecular complexity index is 379. The van der Waals surface area contributed by atoms with Crippen LogP contribution in [0.15, 0.2) is 24.3 Å². The number of methoxy groups -OCH3 is 1. The van der Waals surface area contributed by atoms with E-state index in [1.165, 1.54) is 7.11 Å². The highest BCUT2D eigenvalue weighted by Gasteiger charge is 2.05. The second kappa shape index (κ2) is 5.36. The Morgan fingerprint density at radius 3 is 2.80 bits per heavy atom. The van der Waals surface area contributed by atoms with Crippen LogP contribution in [0.3, 0.4) is 0 Å². The first-order chi connectivity index (χ1) is 7.13. The Balaban J connectivity index is 2.74. The maximum Gasteiger partial charge on any atom is 0.337 e. The Kier molecular flexibility index (Phi) is 4.12. The van der Waals surface area contributed by atoms with Crippen LogP contribution in [0.4, 0.5) is 5.69 Å². The van der Waals surface area contributed by atoms with E-state index >= 15 is 0 Å². The predicted molar refractivity (Wildman–Crippen MR) is 57.1 cm³/mol. The van der Waals surface area contributed by atoms with Gasteiger partial charge in [-0.2, -0.15) is 0 Å². The predicted octanol–water partition coefficient (Wildman–Crippen LogP) is 1.65. The summed E-state index contributed by atoms with van der Waals surface area (Å²) in [6.45, 7) is 0.0200. The molecule has 0 aromatic heterocycles. The quantitative estimate of drug-likeness (QED) is 0.628. The van der Waals surface area contributed by atoms with Crippen molar-refractivity contribution in [3.63, 3.8) is 0 Å². The first-order valence-corrected chi connectivity index (χ1v) is 4.62. The van der Waals surface area contributed by atoms with Crippen molar-refractivity contribution >= 4 is 28.5 Å². The van der Waals surface area contributed by atoms with E-state index in [0.717, 1.165) is 0 Å². The molecule has 0 fully saturated rings. The second-order valence-electron chi connectivity index (χ2n) is 2.78. The molecule has 0 saturated carbocycles. The summed E-state index contributed by atoms with van der Waals surface area (Å²) in [4.78, 5) is 21.7. The van der Waals surface area contributed by atoms with E-state index in [0.29, 0.717) is 11.3 Å². The van der Waals surface area contributed by atoms with Crippen LogP contribution in [-0.4, -0.2) is 24.9 Å². The number of esters is 1. The fourth-order valence-corrected chi connectivity index (χ4v) is 1.11. The highest BCUT2D eigenvalue weighted by Crippen LogP contribution is 2.11. The van der Waals surface area contributed by atoms with Crippen LogP contribution < -0.4 is 5.32 Å². The monoisotopic (exact) mass is 227 g/mol. The Hall–Kier alpha value is -1.55. The lowest BCUT2D eigenvalue weighted by atomic mass is 10.2. The molecule has 0 atom stereocenters. The van der Waals surface area contributed by atoms with Gasteiger partial charge >= 0.3 is 5.97 Å². The molecule has 0 bridgehead atoms. The van der Waals surface area contributed by atoms with Crippen molar-refractivity contribution in [2.24, 2.45) is 0 Å². The zero-order chi connectivity index (χ0) is 11.3. The largest absolute Gasteiger partial charge is 0.465 e. The van der Waals surface area contributed by atoms with Gasteiger partial charge in [-0.1, -0.05) is 6.07 Å². The molecular formula is C10H10ClNO3. The molecule has 0 saturated heterocycles. The van der Waals surface area contributed by atoms with Gasteiger partial charge in [0.05, 0.1) is 19.2 Å². The van der Waals surface area contributed by atoms with E-state index in [2.05, 4.69) is 10.1 Å². The number of benzene rings is 1. The van der Waals surface area contributed by atoms with Gasteiger partial charge in [0.25, 0.3) is 0 Å². The van der Waals surface area contributed by atoms with Gasteiger partial charge in [-0.3, -0.25) is 4.79 Å². The minimum Gasteiger partial charge on any atom is -0.465 e. The van der Waals surface area contributed by atoms with Crippen molar-refractivity contribution in [2.45, 2.75) is 0 Å². The fourth-order valence-electron chi connectivity index (χ4n) is 1.05. The van der Waals surface area contributed by atoms with Crippen LogP contribution in [0.2, 0.25) is 0 Å². The Morgan fingerprint density at radius 2 is 2.20 bits per heavy atom. The highest BCUT2D eigenvalue weighted by molar-refractivity contribution is 6.64. The van der Waals surface area contributed by atoms with Crippen molar-refractivity contribution in [2.75, 3.05) is 19.0 Å². The number of carbonyl (C=O) groups is 2. The third kappa shape index (κ3) is 3.59. The number of ether oxygens (including phenoxy) is 1. The number of nitrogens with one attached hydrogen (secondary N) is 1. The normalized spacial score (nSPS) is 9.47. The van der Waals surface area contributed by atoms with Crippen LogP contribution in [0.1, 0.15) is 10.4 Å². The summed E-state index contributed by atoms with van der Waals surface area (Å²) in [6, 6.07) is 6.63. The minimum absolute atomic E-state index is 0.0200. The summed E-state index contributed by atoms with van der Waals surface area (Å²) < 4.78 is 4.56. The molecule has 0 radical (unpaired) electrons. The third-order valence-electron chi connectivity index (χ3n) is 1.72. The van der Waals surface area contributed by atoms with Gasteiger partial charge < -0.3 is 10.1 Å². The number of hydrogen-bond donors (Lipinski definition) is 1. The van der Waals surface area contributed by atoms with Crippen LogP contribution >= 0.6 is 11.6 Å². The van der Waals surface area contributed by atoms with Gasteiger partial charge in [0.1, 0.15) is 0 Å². The van der Waals surface area contributed by atoms with E-state index < -0.39 is 11.2 Å². The Labute approximate surface area is 92.2 Å². The van der Waals surface area contributed by atoms with Gasteiger partial charge in [-0.25, -0.2) is 4.79 Å². The van der Waals surface area contributed by atoms with Gasteiger partial charge in [-0.15, -0.1) is 0 Å². The van der Waals surface area contributed by atoms with E-state index in [9.17, 15) is 9.59 Å². The van der Waals surface area contributed by atoms with Crippen LogP contribution in [0, 0.1) is 0 Å². The number of carbonyl (C=O) groups excluding carboxylic acids is 2. The molecular weight excluding hydrogens is 218 g/mol. The smallest absolute Gasteiger partial charge is 0.337 e. The molecule has 1 N–H and O–H groups in total. The van der Waals surface area contributed by atoms with Crippen molar-refractivity contribution in [1.82, 2.24) is 0 Å². The Morgan fingerprint density at radius 1 is 1.47 bits per heavy atom. The molecule has 0 aliphatic carbocycles. The molecule has 15 heavy (non-hydrogen) atoms. The molecule has 0 aliphatic rings. The molecule has 1 aromatic carbocycles. The lowest BCUT2D eigenvalue weighted by Gasteiger charge is -2.04. The number of halogens is 1. The summed E-state index contributed by atoms with van der Waals surface area (Å²) >= 11 is 5.16. The number of hydrogen-bond acceptors (Lipinski definition) is 4. The zero-order valence-electron chi connectivity index (χ0n) is 8.12. The summed E-state index contributed by atoms with van der Waals surface area (Å²) in [5.41, 5.74) is 1.07.